The average molecular weight is 386 g/mol. The maximum Gasteiger partial charge on any atom is 0.305 e. The van der Waals surface area contributed by atoms with Gasteiger partial charge in [-0.05, 0) is 18.6 Å². The molecule has 0 aliphatic carbocycles. The van der Waals surface area contributed by atoms with Crippen LogP contribution in [0.25, 0.3) is 0 Å². The lowest BCUT2D eigenvalue weighted by Crippen LogP contribution is -2.09. The molecular formula is C18H18N4O6. The summed E-state index contributed by atoms with van der Waals surface area (Å²) in [5.74, 6) is -0.416. The van der Waals surface area contributed by atoms with Crippen LogP contribution in [0.3, 0.4) is 0 Å². The van der Waals surface area contributed by atoms with Crippen LogP contribution in [0.1, 0.15) is 24.0 Å². The summed E-state index contributed by atoms with van der Waals surface area (Å²) in [6.07, 6.45) is 0.316. The first-order valence-corrected chi connectivity index (χ1v) is 8.21. The quantitative estimate of drug-likeness (QED) is 0.317. The number of benzene rings is 2. The first kappa shape index (κ1) is 20.5. The van der Waals surface area contributed by atoms with Crippen LogP contribution in [0.15, 0.2) is 47.6 Å². The van der Waals surface area contributed by atoms with E-state index in [1.54, 1.807) is 0 Å². The summed E-state index contributed by atoms with van der Waals surface area (Å²) in [7, 11) is 1.28. The Kier molecular flexibility index (Phi) is 6.74. The van der Waals surface area contributed by atoms with Crippen molar-refractivity contribution in [2.45, 2.75) is 19.8 Å². The number of hydrazone groups is 1. The maximum absolute atomic E-state index is 11.5. The van der Waals surface area contributed by atoms with Gasteiger partial charge in [-0.3, -0.25) is 30.4 Å². The van der Waals surface area contributed by atoms with Crippen LogP contribution < -0.4 is 5.43 Å². The second-order valence-electron chi connectivity index (χ2n) is 5.83. The molecule has 2 aromatic rings. The normalized spacial score (nSPS) is 11.0. The molecule has 0 unspecified atom stereocenters. The van der Waals surface area contributed by atoms with Crippen LogP contribution >= 0.6 is 0 Å². The number of ether oxygens (including phenoxy) is 1. The van der Waals surface area contributed by atoms with E-state index in [0.717, 1.165) is 23.3 Å². The van der Waals surface area contributed by atoms with Gasteiger partial charge < -0.3 is 4.74 Å². The van der Waals surface area contributed by atoms with E-state index in [2.05, 4.69) is 15.3 Å². The minimum atomic E-state index is -0.731. The van der Waals surface area contributed by atoms with Gasteiger partial charge in [-0.25, -0.2) is 0 Å². The van der Waals surface area contributed by atoms with Crippen molar-refractivity contribution in [1.29, 1.82) is 0 Å². The van der Waals surface area contributed by atoms with Crippen LogP contribution in [-0.2, 0) is 9.53 Å². The summed E-state index contributed by atoms with van der Waals surface area (Å²) in [5.41, 5.74) is 3.96. The van der Waals surface area contributed by atoms with Gasteiger partial charge in [0.2, 0.25) is 0 Å². The van der Waals surface area contributed by atoms with Crippen molar-refractivity contribution in [3.05, 3.63) is 73.8 Å². The summed E-state index contributed by atoms with van der Waals surface area (Å²) in [6.45, 7) is 1.92. The number of esters is 1. The number of nitrogens with zero attached hydrogens (tertiary/aromatic N) is 3. The van der Waals surface area contributed by atoms with Gasteiger partial charge in [-0.2, -0.15) is 5.10 Å². The van der Waals surface area contributed by atoms with Crippen molar-refractivity contribution in [1.82, 2.24) is 0 Å². The van der Waals surface area contributed by atoms with Crippen LogP contribution in [0.5, 0.6) is 0 Å². The molecule has 0 amide bonds. The molecule has 0 saturated heterocycles. The van der Waals surface area contributed by atoms with Gasteiger partial charge in [0.15, 0.2) is 0 Å². The van der Waals surface area contributed by atoms with Gasteiger partial charge in [0.05, 0.1) is 35.2 Å². The number of hydrogen-bond donors (Lipinski definition) is 1. The zero-order valence-electron chi connectivity index (χ0n) is 15.2. The Morgan fingerprint density at radius 3 is 2.32 bits per heavy atom. The molecule has 0 radical (unpaired) electrons. The number of methoxy groups -OCH3 is 1. The first-order chi connectivity index (χ1) is 13.3. The van der Waals surface area contributed by atoms with E-state index in [0.29, 0.717) is 5.71 Å². The summed E-state index contributed by atoms with van der Waals surface area (Å²) in [5, 5.41) is 26.3. The van der Waals surface area contributed by atoms with Crippen molar-refractivity contribution in [3.63, 3.8) is 0 Å². The smallest absolute Gasteiger partial charge is 0.305 e. The molecule has 2 aromatic carbocycles. The van der Waals surface area contributed by atoms with Gasteiger partial charge in [-0.1, -0.05) is 29.8 Å². The van der Waals surface area contributed by atoms with Crippen LogP contribution in [0, 0.1) is 27.2 Å². The highest BCUT2D eigenvalue weighted by molar-refractivity contribution is 6.02. The molecule has 0 aromatic heterocycles. The van der Waals surface area contributed by atoms with Crippen molar-refractivity contribution in [2.75, 3.05) is 12.5 Å². The topological polar surface area (TPSA) is 137 Å². The summed E-state index contributed by atoms with van der Waals surface area (Å²) >= 11 is 0. The molecule has 10 heteroatoms. The van der Waals surface area contributed by atoms with E-state index in [1.807, 2.05) is 31.2 Å². The van der Waals surface area contributed by atoms with E-state index in [-0.39, 0.29) is 18.5 Å². The second kappa shape index (κ2) is 9.21. The Hall–Kier alpha value is -3.82. The highest BCUT2D eigenvalue weighted by Crippen LogP contribution is 2.29. The molecular weight excluding hydrogens is 368 g/mol. The number of rotatable bonds is 8. The predicted molar refractivity (Wildman–Crippen MR) is 102 cm³/mol. The van der Waals surface area contributed by atoms with Crippen LogP contribution in [0.2, 0.25) is 0 Å². The lowest BCUT2D eigenvalue weighted by atomic mass is 10.0. The molecule has 146 valence electrons. The van der Waals surface area contributed by atoms with E-state index in [1.165, 1.54) is 13.2 Å². The number of carbonyl (C=O) groups excluding carboxylic acids is 1. The van der Waals surface area contributed by atoms with Crippen LogP contribution in [-0.4, -0.2) is 28.6 Å². The Morgan fingerprint density at radius 2 is 1.75 bits per heavy atom. The van der Waals surface area contributed by atoms with E-state index >= 15 is 0 Å². The SMILES string of the molecule is COC(=O)CCC(=NNc1ccc([N+](=O)[O-])cc1[N+](=O)[O-])c1ccc(C)cc1. The second-order valence-corrected chi connectivity index (χ2v) is 5.83. The van der Waals surface area contributed by atoms with E-state index < -0.39 is 27.2 Å². The number of aryl methyl sites for hydroxylation is 1. The van der Waals surface area contributed by atoms with Gasteiger partial charge >= 0.3 is 11.7 Å². The Labute approximate surface area is 160 Å². The minimum absolute atomic E-state index is 0.00159. The first-order valence-electron chi connectivity index (χ1n) is 8.21. The summed E-state index contributed by atoms with van der Waals surface area (Å²) in [6, 6.07) is 10.6. The van der Waals surface area contributed by atoms with Crippen molar-refractivity contribution in [3.8, 4) is 0 Å². The standard InChI is InChI=1S/C18H18N4O6/c1-12-3-5-13(6-4-12)15(9-10-18(23)28-2)19-20-16-8-7-14(21(24)25)11-17(16)22(26)27/h3-8,11,20H,9-10H2,1-2H3. The number of hydrogen-bond acceptors (Lipinski definition) is 8. The molecule has 0 aliphatic heterocycles. The predicted octanol–water partition coefficient (Wildman–Crippen LogP) is 3.58. The van der Waals surface area contributed by atoms with Crippen molar-refractivity contribution >= 4 is 28.7 Å². The molecule has 28 heavy (non-hydrogen) atoms. The van der Waals surface area contributed by atoms with E-state index in [4.69, 9.17) is 0 Å². The molecule has 0 fully saturated rings. The lowest BCUT2D eigenvalue weighted by Gasteiger charge is -2.09. The summed E-state index contributed by atoms with van der Waals surface area (Å²) < 4.78 is 4.64. The minimum Gasteiger partial charge on any atom is -0.469 e. The third kappa shape index (κ3) is 5.34. The number of nitrogens with one attached hydrogen (secondary N) is 1. The fraction of sp³-hybridized carbons (Fsp3) is 0.222. The Morgan fingerprint density at radius 1 is 1.07 bits per heavy atom. The number of carbonyl (C=O) groups is 1. The molecule has 0 saturated carbocycles. The zero-order chi connectivity index (χ0) is 20.7. The average Bonchev–Trinajstić information content (AvgIpc) is 2.68. The van der Waals surface area contributed by atoms with Gasteiger partial charge in [0, 0.05) is 12.5 Å². The van der Waals surface area contributed by atoms with Gasteiger partial charge in [-0.15, -0.1) is 0 Å². The fourth-order valence-corrected chi connectivity index (χ4v) is 2.34. The Bertz CT molecular complexity index is 924. The van der Waals surface area contributed by atoms with E-state index in [9.17, 15) is 25.0 Å². The van der Waals surface area contributed by atoms with Gasteiger partial charge in [0.25, 0.3) is 5.69 Å². The number of nitro groups is 2. The highest BCUT2D eigenvalue weighted by Gasteiger charge is 2.19. The van der Waals surface area contributed by atoms with Crippen LogP contribution in [0.4, 0.5) is 17.1 Å². The number of anilines is 1. The van der Waals surface area contributed by atoms with Gasteiger partial charge in [0.1, 0.15) is 5.69 Å². The molecule has 1 N–H and O–H groups in total. The largest absolute Gasteiger partial charge is 0.469 e. The molecule has 10 nitrogen and oxygen atoms in total. The molecule has 0 heterocycles. The maximum atomic E-state index is 11.5. The summed E-state index contributed by atoms with van der Waals surface area (Å²) in [4.78, 5) is 32.1. The third-order valence-corrected chi connectivity index (χ3v) is 3.88. The molecule has 0 atom stereocenters. The Balaban J connectivity index is 2.35. The molecule has 0 bridgehead atoms. The lowest BCUT2D eigenvalue weighted by molar-refractivity contribution is -0.393. The number of non-ortho nitro benzene ring substituents is 1. The fourth-order valence-electron chi connectivity index (χ4n) is 2.34. The molecule has 0 spiro atoms. The monoisotopic (exact) mass is 386 g/mol. The zero-order valence-corrected chi connectivity index (χ0v) is 15.2. The third-order valence-electron chi connectivity index (χ3n) is 3.88. The molecule has 2 rings (SSSR count). The van der Waals surface area contributed by atoms with Crippen molar-refractivity contribution in [2.24, 2.45) is 5.10 Å². The molecule has 0 aliphatic rings. The highest BCUT2D eigenvalue weighted by atomic mass is 16.6. The van der Waals surface area contributed by atoms with Crippen molar-refractivity contribution < 1.29 is 19.4 Å². The number of nitro benzene ring substituents is 2.